The molecule has 2 aromatic carbocycles. The highest BCUT2D eigenvalue weighted by Gasteiger charge is 2.36. The molecule has 1 N–H and O–H groups in total. The van der Waals surface area contributed by atoms with E-state index in [0.717, 1.165) is 0 Å². The highest BCUT2D eigenvalue weighted by atomic mass is 32.2. The van der Waals surface area contributed by atoms with Gasteiger partial charge in [0.15, 0.2) is 0 Å². The summed E-state index contributed by atoms with van der Waals surface area (Å²) in [6, 6.07) is 11.0. The quantitative estimate of drug-likeness (QED) is 0.728. The Morgan fingerprint density at radius 2 is 1.61 bits per heavy atom. The number of carboxylic acids is 1. The van der Waals surface area contributed by atoms with Crippen molar-refractivity contribution < 1.29 is 18.3 Å². The molecule has 0 amide bonds. The Bertz CT molecular complexity index is 775. The number of hydrogen-bond acceptors (Lipinski definition) is 3. The summed E-state index contributed by atoms with van der Waals surface area (Å²) >= 11 is 0. The summed E-state index contributed by atoms with van der Waals surface area (Å²) < 4.78 is 24.7. The van der Waals surface area contributed by atoms with Crippen molar-refractivity contribution in [1.82, 2.24) is 0 Å². The van der Waals surface area contributed by atoms with E-state index in [-0.39, 0.29) is 15.4 Å². The van der Waals surface area contributed by atoms with Crippen LogP contribution in [-0.4, -0.2) is 19.5 Å². The van der Waals surface area contributed by atoms with Gasteiger partial charge in [0, 0.05) is 11.1 Å². The second-order valence-corrected chi connectivity index (χ2v) is 5.84. The number of hydrogen-bond donors (Lipinski definition) is 1. The summed E-state index contributed by atoms with van der Waals surface area (Å²) in [6.45, 7) is 0. The normalized spacial score (nSPS) is 14.9. The van der Waals surface area contributed by atoms with E-state index in [2.05, 4.69) is 0 Å². The van der Waals surface area contributed by atoms with Crippen molar-refractivity contribution in [2.75, 3.05) is 0 Å². The van der Waals surface area contributed by atoms with E-state index in [1.54, 1.807) is 30.3 Å². The lowest BCUT2D eigenvalue weighted by atomic mass is 10.0. The fraction of sp³-hybridized carbons (Fsp3) is 0. The van der Waals surface area contributed by atoms with E-state index in [4.69, 9.17) is 5.11 Å². The third kappa shape index (κ3) is 1.25. The molecule has 5 heteroatoms. The molecular weight excluding hydrogens is 252 g/mol. The molecule has 1 aliphatic rings. The summed E-state index contributed by atoms with van der Waals surface area (Å²) in [7, 11) is -3.72. The molecule has 0 unspecified atom stereocenters. The molecule has 1 heterocycles. The maximum Gasteiger partial charge on any atom is 0.337 e. The molecule has 18 heavy (non-hydrogen) atoms. The number of rotatable bonds is 1. The average Bonchev–Trinajstić information content (AvgIpc) is 2.60. The zero-order valence-electron chi connectivity index (χ0n) is 9.12. The van der Waals surface area contributed by atoms with Crippen LogP contribution in [0.1, 0.15) is 10.4 Å². The zero-order chi connectivity index (χ0) is 12.9. The molecule has 1 aliphatic heterocycles. The second-order valence-electron chi connectivity index (χ2n) is 3.99. The monoisotopic (exact) mass is 260 g/mol. The molecule has 0 saturated carbocycles. The molecule has 0 fully saturated rings. The SMILES string of the molecule is O=C(O)c1cccc2c1S(=O)(=O)c1ccccc1-2. The van der Waals surface area contributed by atoms with E-state index < -0.39 is 15.8 Å². The van der Waals surface area contributed by atoms with Gasteiger partial charge in [-0.15, -0.1) is 0 Å². The van der Waals surface area contributed by atoms with Crippen LogP contribution >= 0.6 is 0 Å². The lowest BCUT2D eigenvalue weighted by Crippen LogP contribution is -2.06. The van der Waals surface area contributed by atoms with Crippen LogP contribution in [0.25, 0.3) is 11.1 Å². The minimum absolute atomic E-state index is 0.0984. The Balaban J connectivity index is 2.50. The van der Waals surface area contributed by atoms with Gasteiger partial charge in [0.05, 0.1) is 15.4 Å². The predicted molar refractivity (Wildman–Crippen MR) is 64.3 cm³/mol. The van der Waals surface area contributed by atoms with Gasteiger partial charge in [-0.05, 0) is 12.1 Å². The van der Waals surface area contributed by atoms with Crippen molar-refractivity contribution in [3.63, 3.8) is 0 Å². The number of sulfone groups is 1. The van der Waals surface area contributed by atoms with Crippen molar-refractivity contribution in [2.45, 2.75) is 9.79 Å². The first kappa shape index (κ1) is 11.0. The Kier molecular flexibility index (Phi) is 2.09. The molecular formula is C13H8O4S. The highest BCUT2D eigenvalue weighted by Crippen LogP contribution is 2.44. The van der Waals surface area contributed by atoms with Crippen LogP contribution < -0.4 is 0 Å². The Labute approximate surface area is 103 Å². The van der Waals surface area contributed by atoms with Crippen LogP contribution in [0.3, 0.4) is 0 Å². The van der Waals surface area contributed by atoms with Crippen LogP contribution in [-0.2, 0) is 9.84 Å². The summed E-state index contributed by atoms with van der Waals surface area (Å²) in [5.41, 5.74) is 0.852. The molecule has 90 valence electrons. The van der Waals surface area contributed by atoms with Crippen LogP contribution in [0.4, 0.5) is 0 Å². The Morgan fingerprint density at radius 3 is 2.33 bits per heavy atom. The third-order valence-corrected chi connectivity index (χ3v) is 4.89. The number of carboxylic acid groups (broad SMARTS) is 1. The van der Waals surface area contributed by atoms with Gasteiger partial charge in [0.2, 0.25) is 9.84 Å². The van der Waals surface area contributed by atoms with Gasteiger partial charge in [-0.1, -0.05) is 30.3 Å². The van der Waals surface area contributed by atoms with E-state index in [1.807, 2.05) is 0 Å². The third-order valence-electron chi connectivity index (χ3n) is 2.98. The van der Waals surface area contributed by atoms with E-state index in [9.17, 15) is 13.2 Å². The minimum Gasteiger partial charge on any atom is -0.478 e. The lowest BCUT2D eigenvalue weighted by molar-refractivity contribution is 0.0693. The molecule has 0 saturated heterocycles. The second kappa shape index (κ2) is 3.43. The van der Waals surface area contributed by atoms with Gasteiger partial charge in [-0.3, -0.25) is 0 Å². The van der Waals surface area contributed by atoms with Crippen LogP contribution in [0.5, 0.6) is 0 Å². The first-order chi connectivity index (χ1) is 8.53. The van der Waals surface area contributed by atoms with Gasteiger partial charge in [0.1, 0.15) is 0 Å². The Morgan fingerprint density at radius 1 is 0.944 bits per heavy atom. The van der Waals surface area contributed by atoms with Crippen molar-refractivity contribution >= 4 is 15.8 Å². The van der Waals surface area contributed by atoms with Gasteiger partial charge < -0.3 is 5.11 Å². The predicted octanol–water partition coefficient (Wildman–Crippen LogP) is 2.20. The number of carbonyl (C=O) groups is 1. The standard InChI is InChI=1S/C13H8O4S/c14-13(15)10-6-3-5-9-8-4-1-2-7-11(8)18(16,17)12(9)10/h1-7H,(H,14,15). The Hall–Kier alpha value is -2.14. The number of benzene rings is 2. The smallest absolute Gasteiger partial charge is 0.337 e. The first-order valence-electron chi connectivity index (χ1n) is 5.24. The van der Waals surface area contributed by atoms with Gasteiger partial charge >= 0.3 is 5.97 Å². The summed E-state index contributed by atoms with van der Waals surface area (Å²) in [6.07, 6.45) is 0. The lowest BCUT2D eigenvalue weighted by Gasteiger charge is -2.02. The minimum atomic E-state index is -3.72. The molecule has 0 spiro atoms. The molecule has 4 nitrogen and oxygen atoms in total. The molecule has 0 radical (unpaired) electrons. The van der Waals surface area contributed by atoms with E-state index in [0.29, 0.717) is 11.1 Å². The molecule has 0 bridgehead atoms. The largest absolute Gasteiger partial charge is 0.478 e. The maximum atomic E-state index is 12.3. The summed E-state index contributed by atoms with van der Waals surface area (Å²) in [4.78, 5) is 11.2. The van der Waals surface area contributed by atoms with E-state index in [1.165, 1.54) is 12.1 Å². The molecule has 2 aromatic rings. The van der Waals surface area contributed by atoms with Crippen molar-refractivity contribution in [3.8, 4) is 11.1 Å². The number of aromatic carboxylic acids is 1. The van der Waals surface area contributed by atoms with Crippen LogP contribution in [0.2, 0.25) is 0 Å². The summed E-state index contributed by atoms with van der Waals surface area (Å²) in [5.74, 6) is -1.23. The fourth-order valence-electron chi connectivity index (χ4n) is 2.24. The first-order valence-corrected chi connectivity index (χ1v) is 6.72. The molecule has 0 atom stereocenters. The van der Waals surface area contributed by atoms with Crippen molar-refractivity contribution in [3.05, 3.63) is 48.0 Å². The van der Waals surface area contributed by atoms with E-state index >= 15 is 0 Å². The van der Waals surface area contributed by atoms with Gasteiger partial charge in [-0.2, -0.15) is 0 Å². The van der Waals surface area contributed by atoms with Gasteiger partial charge in [0.25, 0.3) is 0 Å². The average molecular weight is 260 g/mol. The van der Waals surface area contributed by atoms with Crippen LogP contribution in [0, 0.1) is 0 Å². The maximum absolute atomic E-state index is 12.3. The molecule has 3 rings (SSSR count). The highest BCUT2D eigenvalue weighted by molar-refractivity contribution is 7.92. The molecule has 0 aromatic heterocycles. The van der Waals surface area contributed by atoms with Crippen molar-refractivity contribution in [2.24, 2.45) is 0 Å². The number of fused-ring (bicyclic) bond motifs is 3. The topological polar surface area (TPSA) is 71.4 Å². The summed E-state index contributed by atoms with van der Waals surface area (Å²) in [5, 5.41) is 9.10. The molecule has 0 aliphatic carbocycles. The van der Waals surface area contributed by atoms with Crippen molar-refractivity contribution in [1.29, 1.82) is 0 Å². The van der Waals surface area contributed by atoms with Gasteiger partial charge in [-0.25, -0.2) is 13.2 Å². The fourth-order valence-corrected chi connectivity index (χ4v) is 4.10. The van der Waals surface area contributed by atoms with Crippen LogP contribution in [0.15, 0.2) is 52.3 Å². The zero-order valence-corrected chi connectivity index (χ0v) is 9.94.